The summed E-state index contributed by atoms with van der Waals surface area (Å²) < 4.78 is 0. The number of allylic oxidation sites excluding steroid dienone is 1. The van der Waals surface area contributed by atoms with E-state index in [1.165, 1.54) is 0 Å². The Kier molecular flexibility index (Phi) is 6.38. The maximum absolute atomic E-state index is 6.03. The molecule has 0 aromatic heterocycles. The van der Waals surface area contributed by atoms with Crippen molar-refractivity contribution in [2.45, 2.75) is 13.2 Å². The Labute approximate surface area is 74.7 Å². The number of halogens is 1. The van der Waals surface area contributed by atoms with Crippen LogP contribution in [0.5, 0.6) is 0 Å². The van der Waals surface area contributed by atoms with E-state index in [9.17, 15) is 0 Å². The van der Waals surface area contributed by atoms with E-state index in [4.69, 9.17) is 11.5 Å². The second kappa shape index (κ2) is 6.50. The molecule has 0 rings (SSSR count). The van der Waals surface area contributed by atoms with Gasteiger partial charge < -0.3 is 4.81 Å². The monoisotopic (exact) mass is 171 g/mol. The van der Waals surface area contributed by atoms with Gasteiger partial charge in [-0.05, 0) is 12.9 Å². The van der Waals surface area contributed by atoms with Gasteiger partial charge in [0.05, 0.1) is 0 Å². The van der Waals surface area contributed by atoms with Gasteiger partial charge in [0.1, 0.15) is 0 Å². The summed E-state index contributed by atoms with van der Waals surface area (Å²) in [5.41, 5.74) is 0. The van der Waals surface area contributed by atoms with Crippen molar-refractivity contribution in [2.24, 2.45) is 0 Å². The zero-order chi connectivity index (χ0) is 8.69. The van der Waals surface area contributed by atoms with Gasteiger partial charge in [0, 0.05) is 6.54 Å². The fraction of sp³-hybridized carbons (Fsp3) is 0.500. The molecule has 11 heavy (non-hydrogen) atoms. The summed E-state index contributed by atoms with van der Waals surface area (Å²) in [6, 6.07) is 0. The van der Waals surface area contributed by atoms with Crippen LogP contribution >= 0.6 is 11.5 Å². The minimum Gasteiger partial charge on any atom is -0.325 e. The summed E-state index contributed by atoms with van der Waals surface area (Å²) in [5, 5.41) is 0. The average molecular weight is 171 g/mol. The Morgan fingerprint density at radius 2 is 2.09 bits per heavy atom. The highest BCUT2D eigenvalue weighted by Crippen LogP contribution is 2.05. The van der Waals surface area contributed by atoms with Crippen LogP contribution < -0.4 is 0 Å². The zero-order valence-electron chi connectivity index (χ0n) is 7.09. The highest BCUT2D eigenvalue weighted by molar-refractivity contribution is 7.05. The van der Waals surface area contributed by atoms with Gasteiger partial charge in [0.25, 0.3) is 0 Å². The molecule has 0 saturated heterocycles. The number of hydrogen-bond acceptors (Lipinski definition) is 1. The normalized spacial score (nSPS) is 9.73. The third-order valence-corrected chi connectivity index (χ3v) is 1.98. The van der Waals surface area contributed by atoms with Gasteiger partial charge >= 0.3 is 6.26 Å². The summed E-state index contributed by atoms with van der Waals surface area (Å²) in [4.78, 5) is 2.14. The van der Waals surface area contributed by atoms with Crippen LogP contribution in [0, 0.1) is 0 Å². The van der Waals surface area contributed by atoms with Gasteiger partial charge in [-0.15, -0.1) is 13.2 Å². The molecule has 0 aliphatic rings. The molecule has 0 atom stereocenters. The smallest absolute Gasteiger partial charge is 0.325 e. The predicted molar refractivity (Wildman–Crippen MR) is 54.1 cm³/mol. The number of hydrogen-bond donors (Lipinski definition) is 0. The van der Waals surface area contributed by atoms with E-state index in [2.05, 4.69) is 24.9 Å². The van der Waals surface area contributed by atoms with E-state index in [0.29, 0.717) is 0 Å². The molecule has 0 aromatic rings. The van der Waals surface area contributed by atoms with Crippen LogP contribution in [0.1, 0.15) is 6.92 Å². The Hall–Kier alpha value is -0.205. The predicted octanol–water partition coefficient (Wildman–Crippen LogP) is 2.41. The third kappa shape index (κ3) is 4.28. The second-order valence-electron chi connectivity index (χ2n) is 2.34. The van der Waals surface area contributed by atoms with Crippen molar-refractivity contribution in [1.82, 2.24) is 4.81 Å². The molecule has 1 nitrogen and oxygen atoms in total. The van der Waals surface area contributed by atoms with Gasteiger partial charge in [-0.25, -0.2) is 0 Å². The van der Waals surface area contributed by atoms with Crippen molar-refractivity contribution in [3.8, 4) is 0 Å². The molecule has 0 saturated carbocycles. The van der Waals surface area contributed by atoms with E-state index in [1.807, 2.05) is 12.2 Å². The fourth-order valence-electron chi connectivity index (χ4n) is 0.894. The topological polar surface area (TPSA) is 3.24 Å². The van der Waals surface area contributed by atoms with Gasteiger partial charge in [0.2, 0.25) is 0 Å². The van der Waals surface area contributed by atoms with E-state index in [0.717, 1.165) is 19.4 Å². The lowest BCUT2D eigenvalue weighted by atomic mass is 9.84. The Morgan fingerprint density at radius 3 is 2.45 bits per heavy atom. The van der Waals surface area contributed by atoms with Crippen molar-refractivity contribution >= 4 is 17.7 Å². The highest BCUT2D eigenvalue weighted by atomic mass is 35.5. The van der Waals surface area contributed by atoms with Crippen LogP contribution in [0.2, 0.25) is 6.32 Å². The minimum atomic E-state index is 0.0653. The van der Waals surface area contributed by atoms with Crippen molar-refractivity contribution in [3.05, 3.63) is 25.3 Å². The molecule has 0 aromatic carbocycles. The third-order valence-electron chi connectivity index (χ3n) is 1.53. The maximum atomic E-state index is 6.03. The number of rotatable bonds is 6. The molecule has 0 spiro atoms. The Balaban J connectivity index is 3.78. The van der Waals surface area contributed by atoms with E-state index in [-0.39, 0.29) is 6.26 Å². The first-order valence-corrected chi connectivity index (χ1v) is 4.29. The zero-order valence-corrected chi connectivity index (χ0v) is 7.85. The summed E-state index contributed by atoms with van der Waals surface area (Å²) in [6.45, 7) is 11.2. The standard InChI is InChI=1S/C8H15BClN/c1-4-7-9(10)11(6-3)8-5-2/h4-5H,1-2,6-8H2,3H3. The van der Waals surface area contributed by atoms with Crippen LogP contribution in [0.3, 0.4) is 0 Å². The second-order valence-corrected chi connectivity index (χ2v) is 2.84. The first-order chi connectivity index (χ1) is 5.26. The molecule has 0 amide bonds. The van der Waals surface area contributed by atoms with Crippen LogP contribution in [-0.2, 0) is 0 Å². The molecular weight excluding hydrogens is 156 g/mol. The lowest BCUT2D eigenvalue weighted by Gasteiger charge is -2.20. The van der Waals surface area contributed by atoms with Gasteiger partial charge in [0.15, 0.2) is 0 Å². The van der Waals surface area contributed by atoms with Crippen LogP contribution in [0.4, 0.5) is 0 Å². The lowest BCUT2D eigenvalue weighted by Crippen LogP contribution is -2.34. The minimum absolute atomic E-state index is 0.0653. The maximum Gasteiger partial charge on any atom is 0.335 e. The van der Waals surface area contributed by atoms with Crippen molar-refractivity contribution < 1.29 is 0 Å². The summed E-state index contributed by atoms with van der Waals surface area (Å²) >= 11 is 6.03. The van der Waals surface area contributed by atoms with Gasteiger partial charge in [-0.1, -0.05) is 19.1 Å². The van der Waals surface area contributed by atoms with Gasteiger partial charge in [-0.2, -0.15) is 11.5 Å². The molecular formula is C8H15BClN. The molecule has 0 aliphatic carbocycles. The van der Waals surface area contributed by atoms with Crippen LogP contribution in [-0.4, -0.2) is 24.2 Å². The highest BCUT2D eigenvalue weighted by Gasteiger charge is 2.15. The van der Waals surface area contributed by atoms with Crippen molar-refractivity contribution in [3.63, 3.8) is 0 Å². The van der Waals surface area contributed by atoms with E-state index in [1.54, 1.807) is 0 Å². The molecule has 0 N–H and O–H groups in total. The first-order valence-electron chi connectivity index (χ1n) is 3.86. The number of likely N-dealkylation sites (N-methyl/N-ethyl adjacent to an activating group) is 1. The van der Waals surface area contributed by atoms with Crippen LogP contribution in [0.25, 0.3) is 0 Å². The quantitative estimate of drug-likeness (QED) is 0.438. The fourth-order valence-corrected chi connectivity index (χ4v) is 1.24. The van der Waals surface area contributed by atoms with E-state index >= 15 is 0 Å². The Bertz CT molecular complexity index is 127. The molecule has 0 unspecified atom stereocenters. The van der Waals surface area contributed by atoms with Crippen LogP contribution in [0.15, 0.2) is 25.3 Å². The molecule has 0 heterocycles. The molecule has 0 bridgehead atoms. The van der Waals surface area contributed by atoms with Crippen molar-refractivity contribution in [2.75, 3.05) is 13.1 Å². The summed E-state index contributed by atoms with van der Waals surface area (Å²) in [6.07, 6.45) is 4.59. The largest absolute Gasteiger partial charge is 0.335 e. The Morgan fingerprint density at radius 1 is 1.45 bits per heavy atom. The molecule has 3 heteroatoms. The summed E-state index contributed by atoms with van der Waals surface area (Å²) in [5.74, 6) is 0. The molecule has 0 aliphatic heterocycles. The first kappa shape index (κ1) is 10.8. The van der Waals surface area contributed by atoms with E-state index < -0.39 is 0 Å². The molecule has 0 fully saturated rings. The molecule has 62 valence electrons. The number of nitrogens with zero attached hydrogens (tertiary/aromatic N) is 1. The van der Waals surface area contributed by atoms with Crippen molar-refractivity contribution in [1.29, 1.82) is 0 Å². The SMILES string of the molecule is C=CCB(Cl)N(CC)CC=C. The summed E-state index contributed by atoms with van der Waals surface area (Å²) in [7, 11) is 0. The lowest BCUT2D eigenvalue weighted by molar-refractivity contribution is 0.513. The van der Waals surface area contributed by atoms with Gasteiger partial charge in [-0.3, -0.25) is 0 Å². The average Bonchev–Trinajstić information content (AvgIpc) is 2.00. The molecule has 0 radical (unpaired) electrons.